The van der Waals surface area contributed by atoms with Crippen molar-refractivity contribution in [2.45, 2.75) is 31.8 Å². The SMILES string of the molecule is [B]C1([B])Oc2ccc(CCCC)cc2O1. The molecule has 0 aliphatic carbocycles. The minimum absolute atomic E-state index is 0.611. The maximum absolute atomic E-state index is 5.51. The smallest absolute Gasteiger partial charge is 0.175 e. The molecular formula is C11H12B2O2. The first-order valence-corrected chi connectivity index (χ1v) is 5.19. The average molecular weight is 198 g/mol. The summed E-state index contributed by atoms with van der Waals surface area (Å²) in [7, 11) is 11.0. The van der Waals surface area contributed by atoms with Gasteiger partial charge in [0.15, 0.2) is 32.8 Å². The zero-order valence-electron chi connectivity index (χ0n) is 8.82. The lowest BCUT2D eigenvalue weighted by Gasteiger charge is -2.18. The Hall–Kier alpha value is -1.05. The Morgan fingerprint density at radius 2 is 1.93 bits per heavy atom. The van der Waals surface area contributed by atoms with Crippen molar-refractivity contribution in [1.29, 1.82) is 0 Å². The minimum atomic E-state index is -1.51. The van der Waals surface area contributed by atoms with Gasteiger partial charge in [0.25, 0.3) is 0 Å². The van der Waals surface area contributed by atoms with E-state index in [1.54, 1.807) is 0 Å². The van der Waals surface area contributed by atoms with Gasteiger partial charge >= 0.3 is 0 Å². The van der Waals surface area contributed by atoms with E-state index in [1.165, 1.54) is 12.0 Å². The van der Waals surface area contributed by atoms with Crippen molar-refractivity contribution in [2.24, 2.45) is 0 Å². The zero-order valence-corrected chi connectivity index (χ0v) is 8.82. The molecule has 2 rings (SSSR count). The molecule has 2 nitrogen and oxygen atoms in total. The largest absolute Gasteiger partial charge is 0.468 e. The lowest BCUT2D eigenvalue weighted by Crippen LogP contribution is -2.39. The fourth-order valence-electron chi connectivity index (χ4n) is 1.62. The number of hydrogen-bond donors (Lipinski definition) is 0. The van der Waals surface area contributed by atoms with Crippen LogP contribution in [0.25, 0.3) is 0 Å². The molecule has 0 aromatic heterocycles. The van der Waals surface area contributed by atoms with E-state index < -0.39 is 5.59 Å². The summed E-state index contributed by atoms with van der Waals surface area (Å²) in [5.41, 5.74) is -0.289. The maximum atomic E-state index is 5.51. The molecule has 1 aliphatic rings. The van der Waals surface area contributed by atoms with Gasteiger partial charge in [-0.25, -0.2) is 0 Å². The van der Waals surface area contributed by atoms with E-state index in [2.05, 4.69) is 6.92 Å². The minimum Gasteiger partial charge on any atom is -0.468 e. The zero-order chi connectivity index (χ0) is 10.9. The van der Waals surface area contributed by atoms with Gasteiger partial charge in [-0.15, -0.1) is 0 Å². The molecule has 1 heterocycles. The Morgan fingerprint density at radius 1 is 1.20 bits per heavy atom. The normalized spacial score (nSPS) is 16.6. The van der Waals surface area contributed by atoms with E-state index >= 15 is 0 Å². The van der Waals surface area contributed by atoms with Crippen molar-refractivity contribution in [3.63, 3.8) is 0 Å². The molecule has 0 atom stereocenters. The first-order valence-electron chi connectivity index (χ1n) is 5.19. The Morgan fingerprint density at radius 3 is 2.67 bits per heavy atom. The molecule has 1 aliphatic heterocycles. The number of hydrogen-bond acceptors (Lipinski definition) is 2. The number of ether oxygens (including phenoxy) is 2. The molecule has 4 heteroatoms. The Balaban J connectivity index is 2.15. The molecule has 0 N–H and O–H groups in total. The number of benzene rings is 1. The number of rotatable bonds is 3. The molecule has 4 radical (unpaired) electrons. The highest BCUT2D eigenvalue weighted by Crippen LogP contribution is 2.37. The van der Waals surface area contributed by atoms with Crippen LogP contribution in [0, 0.1) is 0 Å². The fraction of sp³-hybridized carbons (Fsp3) is 0.455. The molecule has 0 bridgehead atoms. The molecule has 0 spiro atoms. The van der Waals surface area contributed by atoms with Crippen LogP contribution in [-0.4, -0.2) is 21.3 Å². The molecule has 0 saturated heterocycles. The van der Waals surface area contributed by atoms with Gasteiger partial charge < -0.3 is 9.47 Å². The third kappa shape index (κ3) is 2.31. The molecule has 0 fully saturated rings. The Bertz CT molecular complexity index is 364. The van der Waals surface area contributed by atoms with Crippen molar-refractivity contribution in [3.8, 4) is 11.5 Å². The highest BCUT2D eigenvalue weighted by atomic mass is 16.7. The molecular weight excluding hydrogens is 186 g/mol. The predicted molar refractivity (Wildman–Crippen MR) is 60.5 cm³/mol. The molecule has 1 aromatic carbocycles. The molecule has 0 amide bonds. The van der Waals surface area contributed by atoms with Crippen molar-refractivity contribution in [1.82, 2.24) is 0 Å². The molecule has 0 unspecified atom stereocenters. The molecule has 15 heavy (non-hydrogen) atoms. The van der Waals surface area contributed by atoms with E-state index in [9.17, 15) is 0 Å². The van der Waals surface area contributed by atoms with Crippen molar-refractivity contribution in [2.75, 3.05) is 0 Å². The Kier molecular flexibility index (Phi) is 2.68. The van der Waals surface area contributed by atoms with Gasteiger partial charge in [0.1, 0.15) is 0 Å². The highest BCUT2D eigenvalue weighted by Gasteiger charge is 2.30. The molecule has 0 saturated carbocycles. The summed E-state index contributed by atoms with van der Waals surface area (Å²) in [6.45, 7) is 2.16. The number of aryl methyl sites for hydroxylation is 1. The quantitative estimate of drug-likeness (QED) is 0.688. The van der Waals surface area contributed by atoms with Gasteiger partial charge in [0.05, 0.1) is 0 Å². The fourth-order valence-corrected chi connectivity index (χ4v) is 1.62. The lowest BCUT2D eigenvalue weighted by atomic mass is 9.76. The van der Waals surface area contributed by atoms with Gasteiger partial charge in [-0.3, -0.25) is 0 Å². The van der Waals surface area contributed by atoms with Crippen LogP contribution in [0.4, 0.5) is 0 Å². The number of fused-ring (bicyclic) bond motifs is 1. The van der Waals surface area contributed by atoms with Crippen LogP contribution in [0.5, 0.6) is 11.5 Å². The Labute approximate surface area is 92.8 Å². The maximum Gasteiger partial charge on any atom is 0.175 e. The summed E-state index contributed by atoms with van der Waals surface area (Å²) in [5.74, 6) is 1.24. The van der Waals surface area contributed by atoms with Crippen LogP contribution < -0.4 is 9.47 Å². The van der Waals surface area contributed by atoms with Gasteiger partial charge in [0, 0.05) is 0 Å². The monoisotopic (exact) mass is 198 g/mol. The summed E-state index contributed by atoms with van der Waals surface area (Å²) in [5, 5.41) is 0. The van der Waals surface area contributed by atoms with Crippen LogP contribution in [0.3, 0.4) is 0 Å². The van der Waals surface area contributed by atoms with Crippen molar-refractivity contribution >= 4 is 15.7 Å². The third-order valence-electron chi connectivity index (χ3n) is 2.37. The third-order valence-corrected chi connectivity index (χ3v) is 2.37. The van der Waals surface area contributed by atoms with E-state index in [1.807, 2.05) is 18.2 Å². The van der Waals surface area contributed by atoms with E-state index in [0.29, 0.717) is 11.5 Å². The van der Waals surface area contributed by atoms with Gasteiger partial charge in [-0.1, -0.05) is 19.4 Å². The van der Waals surface area contributed by atoms with Gasteiger partial charge in [0.2, 0.25) is 0 Å². The second-order valence-corrected chi connectivity index (χ2v) is 3.81. The van der Waals surface area contributed by atoms with Crippen LogP contribution in [0.2, 0.25) is 0 Å². The van der Waals surface area contributed by atoms with Gasteiger partial charge in [-0.05, 0) is 30.5 Å². The first kappa shape index (κ1) is 10.5. The van der Waals surface area contributed by atoms with Crippen LogP contribution in [0.15, 0.2) is 18.2 Å². The van der Waals surface area contributed by atoms with Crippen molar-refractivity contribution in [3.05, 3.63) is 23.8 Å². The van der Waals surface area contributed by atoms with Crippen molar-refractivity contribution < 1.29 is 9.47 Å². The first-order chi connectivity index (χ1) is 7.11. The van der Waals surface area contributed by atoms with Crippen LogP contribution >= 0.6 is 0 Å². The molecule has 1 aromatic rings. The van der Waals surface area contributed by atoms with E-state index in [4.69, 9.17) is 25.2 Å². The summed E-state index contributed by atoms with van der Waals surface area (Å²) < 4.78 is 10.4. The summed E-state index contributed by atoms with van der Waals surface area (Å²) in [4.78, 5) is 0. The topological polar surface area (TPSA) is 18.5 Å². The predicted octanol–water partition coefficient (Wildman–Crippen LogP) is 1.75. The van der Waals surface area contributed by atoms with E-state index in [-0.39, 0.29) is 0 Å². The summed E-state index contributed by atoms with van der Waals surface area (Å²) >= 11 is 0. The lowest BCUT2D eigenvalue weighted by molar-refractivity contribution is 0.0833. The van der Waals surface area contributed by atoms with Crippen LogP contribution in [0.1, 0.15) is 25.3 Å². The second-order valence-electron chi connectivity index (χ2n) is 3.81. The average Bonchev–Trinajstić information content (AvgIpc) is 2.47. The van der Waals surface area contributed by atoms with Crippen LogP contribution in [-0.2, 0) is 6.42 Å². The standard InChI is InChI=1S/C11H12B2O2/c1-2-3-4-8-5-6-9-10(7-8)15-11(12,13)14-9/h5-7H,2-4H2,1H3. The second kappa shape index (κ2) is 3.84. The van der Waals surface area contributed by atoms with Gasteiger partial charge in [-0.2, -0.15) is 0 Å². The molecule has 74 valence electrons. The van der Waals surface area contributed by atoms with E-state index in [0.717, 1.165) is 12.8 Å². The number of unbranched alkanes of at least 4 members (excludes halogenated alkanes) is 1. The highest BCUT2D eigenvalue weighted by molar-refractivity contribution is 6.38. The summed E-state index contributed by atoms with van der Waals surface area (Å²) in [6.07, 6.45) is 3.37. The summed E-state index contributed by atoms with van der Waals surface area (Å²) in [6, 6.07) is 5.80.